The number of sulfonamides is 1. The van der Waals surface area contributed by atoms with E-state index < -0.39 is 44.3 Å². The molecule has 1 unspecified atom stereocenters. The third kappa shape index (κ3) is 5.83. The normalized spacial score (nSPS) is 16.8. The van der Waals surface area contributed by atoms with Crippen molar-refractivity contribution >= 4 is 43.6 Å². The molecule has 12 heteroatoms. The summed E-state index contributed by atoms with van der Waals surface area (Å²) in [7, 11) is -2.11. The Labute approximate surface area is 245 Å². The smallest absolute Gasteiger partial charge is 0.255 e. The van der Waals surface area contributed by atoms with Crippen molar-refractivity contribution in [3.63, 3.8) is 0 Å². The molecule has 1 amide bonds. The van der Waals surface area contributed by atoms with Gasteiger partial charge in [-0.15, -0.1) is 0 Å². The highest BCUT2D eigenvalue weighted by molar-refractivity contribution is 7.88. The number of nitrogens with zero attached hydrogens (tertiary/aromatic N) is 2. The Morgan fingerprint density at radius 2 is 1.86 bits per heavy atom. The van der Waals surface area contributed by atoms with Crippen molar-refractivity contribution in [2.45, 2.75) is 24.5 Å². The maximum absolute atomic E-state index is 14.3. The number of benzene rings is 3. The van der Waals surface area contributed by atoms with Gasteiger partial charge in [0.2, 0.25) is 10.0 Å². The van der Waals surface area contributed by atoms with Crippen LogP contribution in [0.5, 0.6) is 0 Å². The van der Waals surface area contributed by atoms with Crippen molar-refractivity contribution < 1.29 is 30.6 Å². The van der Waals surface area contributed by atoms with Gasteiger partial charge in [-0.3, -0.25) is 9.10 Å². The summed E-state index contributed by atoms with van der Waals surface area (Å²) in [6.07, 6.45) is 2.74. The van der Waals surface area contributed by atoms with Crippen LogP contribution in [0.25, 0.3) is 22.3 Å². The Balaban J connectivity index is 1.61. The zero-order chi connectivity index (χ0) is 30.2. The van der Waals surface area contributed by atoms with E-state index in [-0.39, 0.29) is 29.3 Å². The second kappa shape index (κ2) is 11.9. The second-order valence-electron chi connectivity index (χ2n) is 10.3. The molecule has 1 aliphatic rings. The third-order valence-corrected chi connectivity index (χ3v) is 10.4. The molecule has 1 aliphatic heterocycles. The number of hydrogen-bond acceptors (Lipinski definition) is 5. The Hall–Kier alpha value is -3.61. The fraction of sp³-hybridized carbons (Fsp3) is 0.300. The molecule has 0 spiro atoms. The predicted octanol–water partition coefficient (Wildman–Crippen LogP) is 5.18. The quantitative estimate of drug-likeness (QED) is 0.295. The van der Waals surface area contributed by atoms with Gasteiger partial charge in [0, 0.05) is 56.0 Å². The third-order valence-electron chi connectivity index (χ3n) is 7.64. The minimum absolute atomic E-state index is 0.102. The van der Waals surface area contributed by atoms with E-state index in [1.165, 1.54) is 60.1 Å². The lowest BCUT2D eigenvalue weighted by Crippen LogP contribution is -2.40. The fourth-order valence-electron chi connectivity index (χ4n) is 5.39. The van der Waals surface area contributed by atoms with Crippen LogP contribution in [0, 0.1) is 11.6 Å². The Morgan fingerprint density at radius 1 is 1.14 bits per heavy atom. The molecule has 1 aromatic heterocycles. The standard InChI is InChI=1S/C30H31F2N3O5S2/c1-33-30(36)28-24-15-23(20-8-6-14-35(17-20)42(38,39)18-21-7-4-5-9-25(21)32)26(34(2)41(3)37)16-27(24)40-29(28)19-10-12-22(31)13-11-19/h4-5,7,9-13,15-16,20H,6,8,14,17-18H2,1-3H3,(H,33,36)/t20-,41?/m0/s1. The molecule has 3 aromatic carbocycles. The average Bonchev–Trinajstić information content (AvgIpc) is 3.35. The van der Waals surface area contributed by atoms with Crippen LogP contribution in [0.1, 0.15) is 40.2 Å². The zero-order valence-corrected chi connectivity index (χ0v) is 25.0. The van der Waals surface area contributed by atoms with Gasteiger partial charge in [0.05, 0.1) is 17.0 Å². The number of piperidine rings is 1. The number of hydrogen-bond donors (Lipinski definition) is 1. The molecule has 0 radical (unpaired) electrons. The molecule has 1 fully saturated rings. The van der Waals surface area contributed by atoms with Crippen LogP contribution in [0.15, 0.2) is 65.1 Å². The number of halogens is 2. The predicted molar refractivity (Wildman–Crippen MR) is 160 cm³/mol. The van der Waals surface area contributed by atoms with Gasteiger partial charge in [0.15, 0.2) is 0 Å². The van der Waals surface area contributed by atoms with Crippen molar-refractivity contribution in [1.29, 1.82) is 0 Å². The van der Waals surface area contributed by atoms with Crippen LogP contribution in [0.4, 0.5) is 14.5 Å². The molecule has 2 atom stereocenters. The number of amides is 1. The van der Waals surface area contributed by atoms with E-state index in [4.69, 9.17) is 4.42 Å². The first-order chi connectivity index (χ1) is 20.0. The van der Waals surface area contributed by atoms with Gasteiger partial charge in [-0.2, -0.15) is 0 Å². The molecule has 222 valence electrons. The van der Waals surface area contributed by atoms with Crippen LogP contribution < -0.4 is 9.62 Å². The highest BCUT2D eigenvalue weighted by Gasteiger charge is 2.33. The van der Waals surface area contributed by atoms with Gasteiger partial charge in [-0.05, 0) is 60.7 Å². The van der Waals surface area contributed by atoms with Gasteiger partial charge in [-0.1, -0.05) is 18.2 Å². The van der Waals surface area contributed by atoms with Crippen molar-refractivity contribution in [1.82, 2.24) is 9.62 Å². The summed E-state index contributed by atoms with van der Waals surface area (Å²) < 4.78 is 76.5. The number of carbonyl (C=O) groups excluding carboxylic acids is 1. The van der Waals surface area contributed by atoms with Gasteiger partial charge >= 0.3 is 0 Å². The Morgan fingerprint density at radius 3 is 2.52 bits per heavy atom. The first-order valence-corrected chi connectivity index (χ1v) is 16.5. The molecule has 1 saturated heterocycles. The van der Waals surface area contributed by atoms with E-state index in [9.17, 15) is 26.2 Å². The molecular formula is C30H31F2N3O5S2. The number of rotatable bonds is 8. The number of fused-ring (bicyclic) bond motifs is 1. The lowest BCUT2D eigenvalue weighted by molar-refractivity contribution is 0.0964. The lowest BCUT2D eigenvalue weighted by Gasteiger charge is -2.34. The molecular weight excluding hydrogens is 584 g/mol. The largest absolute Gasteiger partial charge is 0.455 e. The van der Waals surface area contributed by atoms with Crippen molar-refractivity contribution in [2.24, 2.45) is 0 Å². The molecule has 5 rings (SSSR count). The molecule has 4 aromatic rings. The van der Waals surface area contributed by atoms with Gasteiger partial charge in [0.1, 0.15) is 34.0 Å². The van der Waals surface area contributed by atoms with Crippen LogP contribution in [0.3, 0.4) is 0 Å². The summed E-state index contributed by atoms with van der Waals surface area (Å²) in [4.78, 5) is 13.1. The van der Waals surface area contributed by atoms with Crippen molar-refractivity contribution in [3.05, 3.63) is 89.0 Å². The van der Waals surface area contributed by atoms with Crippen LogP contribution in [-0.2, 0) is 26.8 Å². The highest BCUT2D eigenvalue weighted by Crippen LogP contribution is 2.42. The maximum Gasteiger partial charge on any atom is 0.255 e. The number of nitrogens with one attached hydrogen (secondary N) is 1. The molecule has 8 nitrogen and oxygen atoms in total. The lowest BCUT2D eigenvalue weighted by atomic mass is 9.89. The second-order valence-corrected chi connectivity index (χ2v) is 13.6. The van der Waals surface area contributed by atoms with E-state index >= 15 is 0 Å². The molecule has 0 aliphatic carbocycles. The van der Waals surface area contributed by atoms with E-state index in [1.807, 2.05) is 0 Å². The maximum atomic E-state index is 14.3. The van der Waals surface area contributed by atoms with E-state index in [2.05, 4.69) is 5.32 Å². The highest BCUT2D eigenvalue weighted by atomic mass is 32.2. The summed E-state index contributed by atoms with van der Waals surface area (Å²) in [6.45, 7) is 0.432. The topological polar surface area (TPSA) is 99.9 Å². The summed E-state index contributed by atoms with van der Waals surface area (Å²) in [5.41, 5.74) is 2.51. The van der Waals surface area contributed by atoms with Crippen molar-refractivity contribution in [2.75, 3.05) is 37.7 Å². The number of furan rings is 1. The summed E-state index contributed by atoms with van der Waals surface area (Å²) in [5.74, 6) is -1.92. The van der Waals surface area contributed by atoms with Crippen LogP contribution in [-0.4, -0.2) is 56.3 Å². The molecule has 2 heterocycles. The first kappa shape index (κ1) is 29.9. The summed E-state index contributed by atoms with van der Waals surface area (Å²) in [5, 5.41) is 3.13. The monoisotopic (exact) mass is 615 g/mol. The fourth-order valence-corrected chi connectivity index (χ4v) is 7.45. The molecule has 42 heavy (non-hydrogen) atoms. The summed E-state index contributed by atoms with van der Waals surface area (Å²) >= 11 is 0. The van der Waals surface area contributed by atoms with Crippen LogP contribution >= 0.6 is 0 Å². The zero-order valence-electron chi connectivity index (χ0n) is 23.4. The number of anilines is 1. The summed E-state index contributed by atoms with van der Waals surface area (Å²) in [6, 6.07) is 14.9. The van der Waals surface area contributed by atoms with Crippen molar-refractivity contribution in [3.8, 4) is 11.3 Å². The first-order valence-electron chi connectivity index (χ1n) is 13.4. The molecule has 0 bridgehead atoms. The minimum Gasteiger partial charge on any atom is -0.455 e. The van der Waals surface area contributed by atoms with E-state index in [1.54, 1.807) is 29.6 Å². The van der Waals surface area contributed by atoms with Gasteiger partial charge in [-0.25, -0.2) is 25.7 Å². The molecule has 0 saturated carbocycles. The van der Waals surface area contributed by atoms with E-state index in [0.29, 0.717) is 47.2 Å². The molecule has 1 N–H and O–H groups in total. The SMILES string of the molecule is CNC(=O)c1c(-c2ccc(F)cc2)oc2cc(N(C)S(C)=O)c([C@H]3CCCN(S(=O)(=O)Cc4ccccc4F)C3)cc12. The minimum atomic E-state index is -3.85. The number of carbonyl (C=O) groups is 1. The van der Waals surface area contributed by atoms with Gasteiger partial charge in [0.25, 0.3) is 5.91 Å². The average molecular weight is 616 g/mol. The Kier molecular flexibility index (Phi) is 8.49. The van der Waals surface area contributed by atoms with Crippen LogP contribution in [0.2, 0.25) is 0 Å². The Bertz CT molecular complexity index is 1770. The van der Waals surface area contributed by atoms with Gasteiger partial charge < -0.3 is 9.73 Å². The van der Waals surface area contributed by atoms with E-state index in [0.717, 1.165) is 0 Å².